The largest absolute Gasteiger partial charge is 0.493 e. The highest BCUT2D eigenvalue weighted by atomic mass is 16.5. The molecule has 0 aliphatic carbocycles. The van der Waals surface area contributed by atoms with Crippen LogP contribution in [-0.2, 0) is 9.59 Å². The van der Waals surface area contributed by atoms with Crippen molar-refractivity contribution in [1.29, 1.82) is 0 Å². The Morgan fingerprint density at radius 1 is 1.21 bits per heavy atom. The van der Waals surface area contributed by atoms with Gasteiger partial charge in [0.2, 0.25) is 5.78 Å². The first-order chi connectivity index (χ1) is 6.70. The maximum absolute atomic E-state index is 10.7. The number of para-hydroxylation sites is 1. The molecular weight excluding hydrogens is 184 g/mol. The van der Waals surface area contributed by atoms with E-state index in [2.05, 4.69) is 0 Å². The highest BCUT2D eigenvalue weighted by Gasteiger charge is 2.10. The van der Waals surface area contributed by atoms with Crippen molar-refractivity contribution < 1.29 is 19.4 Å². The number of carbonyl (C=O) groups is 2. The lowest BCUT2D eigenvalue weighted by molar-refractivity contribution is -0.149. The van der Waals surface area contributed by atoms with Crippen LogP contribution in [0, 0.1) is 0 Å². The molecule has 0 unspecified atom stereocenters. The van der Waals surface area contributed by atoms with Gasteiger partial charge in [0.15, 0.2) is 0 Å². The third-order valence-electron chi connectivity index (χ3n) is 1.58. The molecule has 0 aliphatic rings. The SMILES string of the molecule is O=C(O)C(=O)CCOc1ccccc1. The van der Waals surface area contributed by atoms with E-state index < -0.39 is 11.8 Å². The van der Waals surface area contributed by atoms with Crippen LogP contribution in [-0.4, -0.2) is 23.5 Å². The van der Waals surface area contributed by atoms with Crippen LogP contribution in [0.15, 0.2) is 30.3 Å². The van der Waals surface area contributed by atoms with Crippen molar-refractivity contribution in [3.05, 3.63) is 30.3 Å². The van der Waals surface area contributed by atoms with Crippen molar-refractivity contribution in [3.8, 4) is 5.75 Å². The van der Waals surface area contributed by atoms with Gasteiger partial charge in [-0.2, -0.15) is 0 Å². The van der Waals surface area contributed by atoms with E-state index in [1.54, 1.807) is 24.3 Å². The fourth-order valence-corrected chi connectivity index (χ4v) is 0.885. The summed E-state index contributed by atoms with van der Waals surface area (Å²) in [6.45, 7) is 0.0924. The molecule has 0 radical (unpaired) electrons. The van der Waals surface area contributed by atoms with Crippen LogP contribution in [0.1, 0.15) is 6.42 Å². The van der Waals surface area contributed by atoms with Crippen molar-refractivity contribution in [3.63, 3.8) is 0 Å². The minimum atomic E-state index is -1.42. The third kappa shape index (κ3) is 3.26. The Morgan fingerprint density at radius 2 is 1.86 bits per heavy atom. The zero-order chi connectivity index (χ0) is 10.4. The van der Waals surface area contributed by atoms with Gasteiger partial charge in [-0.3, -0.25) is 4.79 Å². The Balaban J connectivity index is 2.29. The van der Waals surface area contributed by atoms with E-state index in [0.29, 0.717) is 5.75 Å². The number of Topliss-reactive ketones (excluding diaryl/α,β-unsaturated/α-hetero) is 1. The molecule has 0 fully saturated rings. The number of ketones is 1. The van der Waals surface area contributed by atoms with E-state index in [-0.39, 0.29) is 13.0 Å². The molecule has 14 heavy (non-hydrogen) atoms. The smallest absolute Gasteiger partial charge is 0.372 e. The van der Waals surface area contributed by atoms with Crippen molar-refractivity contribution in [1.82, 2.24) is 0 Å². The Morgan fingerprint density at radius 3 is 2.43 bits per heavy atom. The quantitative estimate of drug-likeness (QED) is 0.713. The lowest BCUT2D eigenvalue weighted by Crippen LogP contribution is -2.15. The van der Waals surface area contributed by atoms with Gasteiger partial charge in [-0.05, 0) is 12.1 Å². The van der Waals surface area contributed by atoms with E-state index in [0.717, 1.165) is 0 Å². The van der Waals surface area contributed by atoms with Gasteiger partial charge in [0.05, 0.1) is 13.0 Å². The molecule has 0 spiro atoms. The average Bonchev–Trinajstić information content (AvgIpc) is 2.19. The summed E-state index contributed by atoms with van der Waals surface area (Å²) in [6.07, 6.45) is -0.107. The maximum Gasteiger partial charge on any atom is 0.372 e. The van der Waals surface area contributed by atoms with E-state index in [1.807, 2.05) is 6.07 Å². The maximum atomic E-state index is 10.7. The summed E-state index contributed by atoms with van der Waals surface area (Å²) in [4.78, 5) is 20.8. The summed E-state index contributed by atoms with van der Waals surface area (Å²) < 4.78 is 5.14. The molecule has 74 valence electrons. The van der Waals surface area contributed by atoms with Crippen LogP contribution in [0.25, 0.3) is 0 Å². The molecule has 0 saturated carbocycles. The molecule has 1 N–H and O–H groups in total. The highest BCUT2D eigenvalue weighted by molar-refractivity contribution is 6.32. The zero-order valence-corrected chi connectivity index (χ0v) is 7.47. The minimum absolute atomic E-state index is 0.0924. The first-order valence-electron chi connectivity index (χ1n) is 4.14. The summed E-state index contributed by atoms with van der Waals surface area (Å²) in [6, 6.07) is 8.93. The second kappa shape index (κ2) is 5.01. The predicted molar refractivity (Wildman–Crippen MR) is 49.2 cm³/mol. The Labute approximate surface area is 81.1 Å². The van der Waals surface area contributed by atoms with Crippen molar-refractivity contribution in [2.45, 2.75) is 6.42 Å². The third-order valence-corrected chi connectivity index (χ3v) is 1.58. The first kappa shape index (κ1) is 10.2. The number of ether oxygens (including phenoxy) is 1. The van der Waals surface area contributed by atoms with Gasteiger partial charge in [-0.15, -0.1) is 0 Å². The molecule has 0 saturated heterocycles. The van der Waals surface area contributed by atoms with Gasteiger partial charge < -0.3 is 9.84 Å². The molecule has 4 nitrogen and oxygen atoms in total. The van der Waals surface area contributed by atoms with E-state index >= 15 is 0 Å². The summed E-state index contributed by atoms with van der Waals surface area (Å²) in [7, 11) is 0. The van der Waals surface area contributed by atoms with Crippen molar-refractivity contribution in [2.75, 3.05) is 6.61 Å². The van der Waals surface area contributed by atoms with Gasteiger partial charge in [-0.25, -0.2) is 4.79 Å². The second-order valence-electron chi connectivity index (χ2n) is 2.64. The van der Waals surface area contributed by atoms with Gasteiger partial charge in [0.25, 0.3) is 0 Å². The number of benzene rings is 1. The zero-order valence-electron chi connectivity index (χ0n) is 7.47. The monoisotopic (exact) mass is 194 g/mol. The highest BCUT2D eigenvalue weighted by Crippen LogP contribution is 2.08. The Bertz CT molecular complexity index is 318. The fraction of sp³-hybridized carbons (Fsp3) is 0.200. The number of rotatable bonds is 5. The normalized spacial score (nSPS) is 9.43. The van der Waals surface area contributed by atoms with Gasteiger partial charge in [0, 0.05) is 0 Å². The lowest BCUT2D eigenvalue weighted by Gasteiger charge is -2.03. The molecule has 0 heterocycles. The van der Waals surface area contributed by atoms with Crippen molar-refractivity contribution >= 4 is 11.8 Å². The topological polar surface area (TPSA) is 63.6 Å². The van der Waals surface area contributed by atoms with Crippen LogP contribution in [0.3, 0.4) is 0 Å². The minimum Gasteiger partial charge on any atom is -0.493 e. The average molecular weight is 194 g/mol. The molecule has 0 bridgehead atoms. The molecule has 0 atom stereocenters. The number of hydrogen-bond donors (Lipinski definition) is 1. The standard InChI is InChI=1S/C10H10O4/c11-9(10(12)13)6-7-14-8-4-2-1-3-5-8/h1-5H,6-7H2,(H,12,13). The fourth-order valence-electron chi connectivity index (χ4n) is 0.885. The molecule has 1 aromatic rings. The number of carboxylic acid groups (broad SMARTS) is 1. The number of carboxylic acids is 1. The first-order valence-corrected chi connectivity index (χ1v) is 4.14. The van der Waals surface area contributed by atoms with E-state index in [1.165, 1.54) is 0 Å². The Hall–Kier alpha value is -1.84. The van der Waals surface area contributed by atoms with Crippen LogP contribution in [0.2, 0.25) is 0 Å². The Kier molecular flexibility index (Phi) is 3.67. The van der Waals surface area contributed by atoms with Gasteiger partial charge >= 0.3 is 5.97 Å². The number of carbonyl (C=O) groups excluding carboxylic acids is 1. The molecular formula is C10H10O4. The lowest BCUT2D eigenvalue weighted by atomic mass is 10.3. The van der Waals surface area contributed by atoms with Crippen LogP contribution < -0.4 is 4.74 Å². The van der Waals surface area contributed by atoms with E-state index in [4.69, 9.17) is 9.84 Å². The summed E-state index contributed by atoms with van der Waals surface area (Å²) in [5.74, 6) is -1.62. The van der Waals surface area contributed by atoms with Gasteiger partial charge in [0.1, 0.15) is 5.75 Å². The molecule has 1 aromatic carbocycles. The second-order valence-corrected chi connectivity index (χ2v) is 2.64. The summed E-state index contributed by atoms with van der Waals surface area (Å²) in [5.41, 5.74) is 0. The summed E-state index contributed by atoms with van der Waals surface area (Å²) >= 11 is 0. The predicted octanol–water partition coefficient (Wildman–Crippen LogP) is 1.11. The molecule has 0 aromatic heterocycles. The molecule has 0 aliphatic heterocycles. The van der Waals surface area contributed by atoms with Crippen LogP contribution in [0.5, 0.6) is 5.75 Å². The molecule has 0 amide bonds. The molecule has 4 heteroatoms. The molecule has 1 rings (SSSR count). The number of hydrogen-bond acceptors (Lipinski definition) is 3. The van der Waals surface area contributed by atoms with Crippen LogP contribution in [0.4, 0.5) is 0 Å². The van der Waals surface area contributed by atoms with Gasteiger partial charge in [-0.1, -0.05) is 18.2 Å². The number of aliphatic carboxylic acids is 1. The van der Waals surface area contributed by atoms with Crippen LogP contribution >= 0.6 is 0 Å². The summed E-state index contributed by atoms with van der Waals surface area (Å²) in [5, 5.41) is 8.27. The van der Waals surface area contributed by atoms with E-state index in [9.17, 15) is 9.59 Å². The van der Waals surface area contributed by atoms with Crippen molar-refractivity contribution in [2.24, 2.45) is 0 Å².